The maximum absolute atomic E-state index is 6.19. The molecule has 3 aliphatic heterocycles. The van der Waals surface area contributed by atoms with Gasteiger partial charge in [0.05, 0.1) is 18.8 Å². The van der Waals surface area contributed by atoms with Crippen LogP contribution in [0.3, 0.4) is 0 Å². The van der Waals surface area contributed by atoms with Crippen molar-refractivity contribution in [3.05, 3.63) is 0 Å². The average molecular weight is 563 g/mol. The molecule has 4 aliphatic rings. The SMILES string of the molecule is CN=C(NCC1CCCN1CC1CCCCC1)N1CCC(OCC2CCCCO2)CC1.I. The molecule has 4 fully saturated rings. The largest absolute Gasteiger partial charge is 0.376 e. The number of guanidine groups is 1. The molecule has 6 nitrogen and oxygen atoms in total. The van der Waals surface area contributed by atoms with Crippen LogP contribution in [0.15, 0.2) is 4.99 Å². The first kappa shape index (κ1) is 26.5. The maximum atomic E-state index is 6.19. The third kappa shape index (κ3) is 7.98. The molecule has 0 aromatic heterocycles. The van der Waals surface area contributed by atoms with E-state index in [0.717, 1.165) is 64.0 Å². The second-order valence-electron chi connectivity index (χ2n) is 10.2. The van der Waals surface area contributed by atoms with E-state index in [9.17, 15) is 0 Å². The minimum atomic E-state index is 0. The average Bonchev–Trinajstić information content (AvgIpc) is 3.27. The number of aliphatic imine (C=N–C) groups is 1. The molecule has 1 N–H and O–H groups in total. The number of hydrogen-bond donors (Lipinski definition) is 1. The normalized spacial score (nSPS) is 29.2. The van der Waals surface area contributed by atoms with Crippen molar-refractivity contribution in [2.24, 2.45) is 10.9 Å². The van der Waals surface area contributed by atoms with Gasteiger partial charge in [0, 0.05) is 45.9 Å². The molecule has 0 bridgehead atoms. The molecule has 1 aliphatic carbocycles. The fourth-order valence-electron chi connectivity index (χ4n) is 6.03. The summed E-state index contributed by atoms with van der Waals surface area (Å²) in [6, 6.07) is 0.676. The Balaban J connectivity index is 0.00000289. The van der Waals surface area contributed by atoms with Crippen molar-refractivity contribution in [2.45, 2.75) is 95.3 Å². The number of likely N-dealkylation sites (tertiary alicyclic amines) is 2. The van der Waals surface area contributed by atoms with Gasteiger partial charge in [-0.15, -0.1) is 24.0 Å². The quantitative estimate of drug-likeness (QED) is 0.285. The zero-order valence-corrected chi connectivity index (χ0v) is 22.6. The summed E-state index contributed by atoms with van der Waals surface area (Å²) in [5.74, 6) is 2.02. The van der Waals surface area contributed by atoms with E-state index in [1.54, 1.807) is 0 Å². The molecular formula is C25H47IN4O2. The number of hydrogen-bond acceptors (Lipinski definition) is 4. The van der Waals surface area contributed by atoms with Crippen molar-refractivity contribution in [1.82, 2.24) is 15.1 Å². The van der Waals surface area contributed by atoms with E-state index >= 15 is 0 Å². The predicted molar refractivity (Wildman–Crippen MR) is 142 cm³/mol. The van der Waals surface area contributed by atoms with Crippen molar-refractivity contribution in [3.63, 3.8) is 0 Å². The van der Waals surface area contributed by atoms with Crippen LogP contribution in [0.25, 0.3) is 0 Å². The van der Waals surface area contributed by atoms with Gasteiger partial charge in [0.25, 0.3) is 0 Å². The van der Waals surface area contributed by atoms with E-state index in [1.165, 1.54) is 70.9 Å². The van der Waals surface area contributed by atoms with Gasteiger partial charge in [0.2, 0.25) is 0 Å². The summed E-state index contributed by atoms with van der Waals surface area (Å²) in [4.78, 5) is 9.81. The Morgan fingerprint density at radius 2 is 1.72 bits per heavy atom. The molecule has 4 rings (SSSR count). The third-order valence-corrected chi connectivity index (χ3v) is 7.96. The molecule has 0 aromatic rings. The zero-order valence-electron chi connectivity index (χ0n) is 20.3. The monoisotopic (exact) mass is 562 g/mol. The lowest BCUT2D eigenvalue weighted by Crippen LogP contribution is -2.50. The molecule has 7 heteroatoms. The van der Waals surface area contributed by atoms with Crippen LogP contribution in [0.1, 0.15) is 77.0 Å². The summed E-state index contributed by atoms with van der Waals surface area (Å²) in [6.07, 6.45) is 16.4. The summed E-state index contributed by atoms with van der Waals surface area (Å²) >= 11 is 0. The molecular weight excluding hydrogens is 515 g/mol. The topological polar surface area (TPSA) is 49.3 Å². The predicted octanol–water partition coefficient (Wildman–Crippen LogP) is 4.27. The molecule has 32 heavy (non-hydrogen) atoms. The molecule has 0 radical (unpaired) electrons. The van der Waals surface area contributed by atoms with Crippen LogP contribution in [-0.4, -0.2) is 87.0 Å². The molecule has 3 heterocycles. The number of piperidine rings is 1. The van der Waals surface area contributed by atoms with Crippen molar-refractivity contribution >= 4 is 29.9 Å². The molecule has 1 saturated carbocycles. The lowest BCUT2D eigenvalue weighted by atomic mass is 9.89. The zero-order chi connectivity index (χ0) is 21.3. The number of rotatable bonds is 7. The van der Waals surface area contributed by atoms with Crippen LogP contribution in [-0.2, 0) is 9.47 Å². The smallest absolute Gasteiger partial charge is 0.193 e. The summed E-state index contributed by atoms with van der Waals surface area (Å²) < 4.78 is 12.0. The number of nitrogens with one attached hydrogen (secondary N) is 1. The molecule has 0 spiro atoms. The highest BCUT2D eigenvalue weighted by Gasteiger charge is 2.29. The van der Waals surface area contributed by atoms with Crippen LogP contribution < -0.4 is 5.32 Å². The summed E-state index contributed by atoms with van der Waals surface area (Å²) in [5, 5.41) is 3.72. The molecule has 2 atom stereocenters. The van der Waals surface area contributed by atoms with E-state index in [0.29, 0.717) is 18.2 Å². The highest BCUT2D eigenvalue weighted by Crippen LogP contribution is 2.27. The summed E-state index contributed by atoms with van der Waals surface area (Å²) in [7, 11) is 1.93. The van der Waals surface area contributed by atoms with Gasteiger partial charge < -0.3 is 19.7 Å². The Hall–Kier alpha value is -0.120. The highest BCUT2D eigenvalue weighted by atomic mass is 127. The number of halogens is 1. The maximum Gasteiger partial charge on any atom is 0.193 e. The molecule has 2 unspecified atom stereocenters. The Kier molecular flexibility index (Phi) is 11.9. The van der Waals surface area contributed by atoms with E-state index in [1.807, 2.05) is 7.05 Å². The van der Waals surface area contributed by atoms with Crippen molar-refractivity contribution in [3.8, 4) is 0 Å². The van der Waals surface area contributed by atoms with E-state index in [2.05, 4.69) is 20.1 Å². The first-order valence-corrected chi connectivity index (χ1v) is 13.2. The van der Waals surface area contributed by atoms with E-state index in [4.69, 9.17) is 9.47 Å². The molecule has 3 saturated heterocycles. The van der Waals surface area contributed by atoms with Crippen LogP contribution in [0.5, 0.6) is 0 Å². The van der Waals surface area contributed by atoms with Crippen LogP contribution >= 0.6 is 24.0 Å². The number of nitrogens with zero attached hydrogens (tertiary/aromatic N) is 3. The first-order valence-electron chi connectivity index (χ1n) is 13.2. The number of ether oxygens (including phenoxy) is 2. The second kappa shape index (κ2) is 14.3. The lowest BCUT2D eigenvalue weighted by Gasteiger charge is -2.36. The van der Waals surface area contributed by atoms with Gasteiger partial charge in [-0.1, -0.05) is 19.3 Å². The van der Waals surface area contributed by atoms with Gasteiger partial charge in [-0.2, -0.15) is 0 Å². The van der Waals surface area contributed by atoms with Crippen LogP contribution in [0, 0.1) is 5.92 Å². The molecule has 186 valence electrons. The van der Waals surface area contributed by atoms with Crippen LogP contribution in [0.4, 0.5) is 0 Å². The summed E-state index contributed by atoms with van der Waals surface area (Å²) in [5.41, 5.74) is 0. The van der Waals surface area contributed by atoms with Gasteiger partial charge in [0.15, 0.2) is 5.96 Å². The van der Waals surface area contributed by atoms with E-state index < -0.39 is 0 Å². The van der Waals surface area contributed by atoms with Crippen molar-refractivity contribution < 1.29 is 9.47 Å². The highest BCUT2D eigenvalue weighted by molar-refractivity contribution is 14.0. The van der Waals surface area contributed by atoms with Crippen molar-refractivity contribution in [1.29, 1.82) is 0 Å². The van der Waals surface area contributed by atoms with Crippen molar-refractivity contribution in [2.75, 3.05) is 53.0 Å². The van der Waals surface area contributed by atoms with E-state index in [-0.39, 0.29) is 24.0 Å². The Bertz CT molecular complexity index is 544. The Labute approximate surface area is 213 Å². The molecule has 0 amide bonds. The third-order valence-electron chi connectivity index (χ3n) is 7.96. The Morgan fingerprint density at radius 3 is 2.44 bits per heavy atom. The second-order valence-corrected chi connectivity index (χ2v) is 10.2. The molecule has 0 aromatic carbocycles. The summed E-state index contributed by atoms with van der Waals surface area (Å²) in [6.45, 7) is 7.39. The fraction of sp³-hybridized carbons (Fsp3) is 0.960. The van der Waals surface area contributed by atoms with Gasteiger partial charge >= 0.3 is 0 Å². The lowest BCUT2D eigenvalue weighted by molar-refractivity contribution is -0.0721. The van der Waals surface area contributed by atoms with Crippen LogP contribution in [0.2, 0.25) is 0 Å². The van der Waals surface area contributed by atoms with Gasteiger partial charge in [-0.3, -0.25) is 9.89 Å². The standard InChI is InChI=1S/C25H46N4O2.HI/c1-26-25(27-18-22-10-7-14-29(22)19-21-8-3-2-4-9-21)28-15-12-23(13-16-28)31-20-24-11-5-6-17-30-24;/h21-24H,2-20H2,1H3,(H,26,27);1H. The van der Waals surface area contributed by atoms with Gasteiger partial charge in [-0.05, 0) is 70.3 Å². The minimum absolute atomic E-state index is 0. The first-order chi connectivity index (χ1) is 15.3. The fourth-order valence-corrected chi connectivity index (χ4v) is 6.03. The van der Waals surface area contributed by atoms with Gasteiger partial charge in [0.1, 0.15) is 0 Å². The minimum Gasteiger partial charge on any atom is -0.376 e. The van der Waals surface area contributed by atoms with Gasteiger partial charge in [-0.25, -0.2) is 0 Å². The Morgan fingerprint density at radius 1 is 0.938 bits per heavy atom.